The summed E-state index contributed by atoms with van der Waals surface area (Å²) >= 11 is 5.74. The molecule has 0 saturated carbocycles. The largest absolute Gasteiger partial charge is 0.478 e. The summed E-state index contributed by atoms with van der Waals surface area (Å²) in [5.74, 6) is -3.79. The molecule has 2 aromatic rings. The smallest absolute Gasteiger partial charge is 0.335 e. The molecule has 0 heterocycles. The van der Waals surface area contributed by atoms with Crippen LogP contribution in [0.3, 0.4) is 0 Å². The Morgan fingerprint density at radius 1 is 0.952 bits per heavy atom. The molecule has 0 fully saturated rings. The molecule has 4 nitrogen and oxygen atoms in total. The number of halogens is 3. The number of carbonyl (C=O) groups is 2. The van der Waals surface area contributed by atoms with Crippen LogP contribution in [0.4, 0.5) is 14.5 Å². The summed E-state index contributed by atoms with van der Waals surface area (Å²) in [4.78, 5) is 22.8. The number of carboxylic acid groups (broad SMARTS) is 1. The van der Waals surface area contributed by atoms with E-state index in [9.17, 15) is 18.4 Å². The Bertz CT molecular complexity index is 714. The van der Waals surface area contributed by atoms with Gasteiger partial charge in [-0.25, -0.2) is 13.6 Å². The summed E-state index contributed by atoms with van der Waals surface area (Å²) < 4.78 is 26.1. The Labute approximate surface area is 123 Å². The van der Waals surface area contributed by atoms with Crippen LogP contribution in [0.2, 0.25) is 5.02 Å². The van der Waals surface area contributed by atoms with Gasteiger partial charge in [0, 0.05) is 22.3 Å². The summed E-state index contributed by atoms with van der Waals surface area (Å²) in [6.07, 6.45) is 0. The normalized spacial score (nSPS) is 10.2. The topological polar surface area (TPSA) is 66.4 Å². The van der Waals surface area contributed by atoms with Crippen LogP contribution < -0.4 is 5.32 Å². The number of carboxylic acids is 1. The minimum absolute atomic E-state index is 0.106. The van der Waals surface area contributed by atoms with E-state index in [1.54, 1.807) is 0 Å². The molecule has 0 radical (unpaired) electrons. The average Bonchev–Trinajstić information content (AvgIpc) is 2.36. The molecule has 2 rings (SSSR count). The second kappa shape index (κ2) is 5.88. The van der Waals surface area contributed by atoms with E-state index in [-0.39, 0.29) is 21.8 Å². The third kappa shape index (κ3) is 3.76. The van der Waals surface area contributed by atoms with Crippen LogP contribution in [0.5, 0.6) is 0 Å². The molecule has 2 N–H and O–H groups in total. The molecule has 21 heavy (non-hydrogen) atoms. The Morgan fingerprint density at radius 2 is 1.57 bits per heavy atom. The number of hydrogen-bond acceptors (Lipinski definition) is 2. The van der Waals surface area contributed by atoms with Crippen molar-refractivity contribution in [3.63, 3.8) is 0 Å². The maximum absolute atomic E-state index is 13.0. The van der Waals surface area contributed by atoms with Crippen LogP contribution in [-0.2, 0) is 0 Å². The molecule has 0 spiro atoms. The SMILES string of the molecule is O=C(O)c1cc(Cl)cc(NC(=O)c2cc(F)cc(F)c2)c1. The van der Waals surface area contributed by atoms with Crippen molar-refractivity contribution in [3.8, 4) is 0 Å². The van der Waals surface area contributed by atoms with Crippen molar-refractivity contribution >= 4 is 29.2 Å². The van der Waals surface area contributed by atoms with Crippen LogP contribution >= 0.6 is 11.6 Å². The lowest BCUT2D eigenvalue weighted by Gasteiger charge is -2.07. The van der Waals surface area contributed by atoms with Gasteiger partial charge in [-0.3, -0.25) is 4.79 Å². The lowest BCUT2D eigenvalue weighted by molar-refractivity contribution is 0.0696. The molecule has 7 heteroatoms. The summed E-state index contributed by atoms with van der Waals surface area (Å²) in [5, 5.41) is 11.3. The molecule has 0 aliphatic rings. The minimum Gasteiger partial charge on any atom is -0.478 e. The van der Waals surface area contributed by atoms with Crippen molar-refractivity contribution in [2.24, 2.45) is 0 Å². The van der Waals surface area contributed by atoms with Crippen LogP contribution in [0.25, 0.3) is 0 Å². The molecule has 0 aliphatic carbocycles. The first-order valence-corrected chi connectivity index (χ1v) is 6.04. The monoisotopic (exact) mass is 311 g/mol. The molecule has 0 aliphatic heterocycles. The van der Waals surface area contributed by atoms with Crippen LogP contribution in [0.15, 0.2) is 36.4 Å². The van der Waals surface area contributed by atoms with Crippen molar-refractivity contribution in [1.29, 1.82) is 0 Å². The highest BCUT2D eigenvalue weighted by Gasteiger charge is 2.12. The standard InChI is InChI=1S/C14H8ClF2NO3/c15-9-1-8(14(20)21)4-12(5-9)18-13(19)7-2-10(16)6-11(17)3-7/h1-6H,(H,18,19)(H,20,21). The maximum Gasteiger partial charge on any atom is 0.335 e. The second-order valence-corrected chi connectivity index (χ2v) is 4.58. The molecule has 1 amide bonds. The molecule has 2 aromatic carbocycles. The van der Waals surface area contributed by atoms with Crippen molar-refractivity contribution in [2.75, 3.05) is 5.32 Å². The maximum atomic E-state index is 13.0. The quantitative estimate of drug-likeness (QED) is 0.910. The summed E-state index contributed by atoms with van der Waals surface area (Å²) in [6, 6.07) is 6.07. The zero-order chi connectivity index (χ0) is 15.6. The van der Waals surface area contributed by atoms with Crippen molar-refractivity contribution in [2.45, 2.75) is 0 Å². The number of nitrogens with one attached hydrogen (secondary N) is 1. The minimum atomic E-state index is -1.22. The van der Waals surface area contributed by atoms with E-state index in [4.69, 9.17) is 16.7 Å². The highest BCUT2D eigenvalue weighted by Crippen LogP contribution is 2.20. The van der Waals surface area contributed by atoms with Gasteiger partial charge in [0.05, 0.1) is 5.56 Å². The van der Waals surface area contributed by atoms with Gasteiger partial charge in [0.25, 0.3) is 5.91 Å². The molecule has 0 aromatic heterocycles. The first-order valence-electron chi connectivity index (χ1n) is 5.66. The van der Waals surface area contributed by atoms with Gasteiger partial charge in [0.15, 0.2) is 0 Å². The highest BCUT2D eigenvalue weighted by molar-refractivity contribution is 6.31. The predicted molar refractivity (Wildman–Crippen MR) is 72.7 cm³/mol. The van der Waals surface area contributed by atoms with E-state index >= 15 is 0 Å². The number of benzene rings is 2. The van der Waals surface area contributed by atoms with Crippen molar-refractivity contribution in [3.05, 3.63) is 64.2 Å². The van der Waals surface area contributed by atoms with Gasteiger partial charge < -0.3 is 10.4 Å². The van der Waals surface area contributed by atoms with Crippen LogP contribution in [-0.4, -0.2) is 17.0 Å². The zero-order valence-electron chi connectivity index (χ0n) is 10.4. The molecule has 0 unspecified atom stereocenters. The fourth-order valence-electron chi connectivity index (χ4n) is 1.67. The van der Waals surface area contributed by atoms with Crippen molar-refractivity contribution in [1.82, 2.24) is 0 Å². The Kier molecular flexibility index (Phi) is 4.18. The van der Waals surface area contributed by atoms with Crippen LogP contribution in [0, 0.1) is 11.6 Å². The zero-order valence-corrected chi connectivity index (χ0v) is 11.1. The molecular weight excluding hydrogens is 304 g/mol. The van der Waals surface area contributed by atoms with Gasteiger partial charge in [0.2, 0.25) is 0 Å². The van der Waals surface area contributed by atoms with Gasteiger partial charge >= 0.3 is 5.97 Å². The molecular formula is C14H8ClF2NO3. The third-order valence-corrected chi connectivity index (χ3v) is 2.75. The molecule has 0 saturated heterocycles. The lowest BCUT2D eigenvalue weighted by atomic mass is 10.1. The van der Waals surface area contributed by atoms with E-state index in [0.717, 1.165) is 12.1 Å². The fourth-order valence-corrected chi connectivity index (χ4v) is 1.91. The number of amides is 1. The predicted octanol–water partition coefficient (Wildman–Crippen LogP) is 3.57. The van der Waals surface area contributed by atoms with Gasteiger partial charge in [-0.15, -0.1) is 0 Å². The number of carbonyl (C=O) groups excluding carboxylic acids is 1. The summed E-state index contributed by atoms with van der Waals surface area (Å²) in [6.45, 7) is 0. The first-order chi connectivity index (χ1) is 9.85. The van der Waals surface area contributed by atoms with Crippen molar-refractivity contribution < 1.29 is 23.5 Å². The second-order valence-electron chi connectivity index (χ2n) is 4.15. The fraction of sp³-hybridized carbons (Fsp3) is 0. The molecule has 0 bridgehead atoms. The lowest BCUT2D eigenvalue weighted by Crippen LogP contribution is -2.13. The Morgan fingerprint density at radius 3 is 2.14 bits per heavy atom. The van der Waals surface area contributed by atoms with E-state index in [2.05, 4.69) is 5.32 Å². The number of rotatable bonds is 3. The van der Waals surface area contributed by atoms with E-state index in [1.165, 1.54) is 18.2 Å². The summed E-state index contributed by atoms with van der Waals surface area (Å²) in [5.41, 5.74) is -0.248. The average molecular weight is 312 g/mol. The first kappa shape index (κ1) is 14.9. The molecule has 108 valence electrons. The summed E-state index contributed by atoms with van der Waals surface area (Å²) in [7, 11) is 0. The number of aromatic carboxylic acids is 1. The van der Waals surface area contributed by atoms with Gasteiger partial charge in [0.1, 0.15) is 11.6 Å². The number of hydrogen-bond donors (Lipinski definition) is 2. The van der Waals surface area contributed by atoms with Crippen LogP contribution in [0.1, 0.15) is 20.7 Å². The highest BCUT2D eigenvalue weighted by atomic mass is 35.5. The Balaban J connectivity index is 2.29. The Hall–Kier alpha value is -2.47. The molecule has 0 atom stereocenters. The van der Waals surface area contributed by atoms with Gasteiger partial charge in [-0.2, -0.15) is 0 Å². The van der Waals surface area contributed by atoms with Gasteiger partial charge in [-0.1, -0.05) is 11.6 Å². The van der Waals surface area contributed by atoms with E-state index < -0.39 is 23.5 Å². The van der Waals surface area contributed by atoms with E-state index in [0.29, 0.717) is 6.07 Å². The van der Waals surface area contributed by atoms with Gasteiger partial charge in [-0.05, 0) is 30.3 Å². The third-order valence-electron chi connectivity index (χ3n) is 2.53. The van der Waals surface area contributed by atoms with E-state index in [1.807, 2.05) is 0 Å². The number of anilines is 1.